The molecule has 120 valence electrons. The molecule has 1 nitrogen and oxygen atoms in total. The SMILES string of the molecule is CCC/C=C1/c2ccccc2[C@@](N)(c2ccccc2)[C@@H]1CCC. The second-order valence-corrected chi connectivity index (χ2v) is 6.57. The second-order valence-electron chi connectivity index (χ2n) is 6.57. The van der Waals surface area contributed by atoms with Crippen molar-refractivity contribution in [2.75, 3.05) is 0 Å². The third kappa shape index (κ3) is 2.64. The lowest BCUT2D eigenvalue weighted by Gasteiger charge is -2.33. The van der Waals surface area contributed by atoms with E-state index in [4.69, 9.17) is 5.73 Å². The van der Waals surface area contributed by atoms with Gasteiger partial charge in [0.25, 0.3) is 0 Å². The predicted molar refractivity (Wildman–Crippen MR) is 99.1 cm³/mol. The molecule has 2 atom stereocenters. The van der Waals surface area contributed by atoms with Crippen LogP contribution >= 0.6 is 0 Å². The van der Waals surface area contributed by atoms with Crippen LogP contribution in [0.1, 0.15) is 56.2 Å². The number of allylic oxidation sites excluding steroid dienone is 1. The normalized spacial score (nSPS) is 24.8. The minimum atomic E-state index is -0.409. The Bertz CT molecular complexity index is 686. The molecule has 23 heavy (non-hydrogen) atoms. The van der Waals surface area contributed by atoms with E-state index in [9.17, 15) is 0 Å². The summed E-state index contributed by atoms with van der Waals surface area (Å²) in [5.74, 6) is 0.360. The van der Waals surface area contributed by atoms with Crippen LogP contribution in [-0.4, -0.2) is 0 Å². The maximum Gasteiger partial charge on any atom is 0.0741 e. The van der Waals surface area contributed by atoms with Crippen LogP contribution < -0.4 is 5.73 Å². The van der Waals surface area contributed by atoms with E-state index in [0.29, 0.717) is 5.92 Å². The maximum atomic E-state index is 7.14. The van der Waals surface area contributed by atoms with Crippen molar-refractivity contribution in [1.82, 2.24) is 0 Å². The molecule has 1 aliphatic rings. The van der Waals surface area contributed by atoms with Gasteiger partial charge in [0.2, 0.25) is 0 Å². The molecule has 2 aromatic carbocycles. The largest absolute Gasteiger partial charge is 0.317 e. The molecule has 3 rings (SSSR count). The quantitative estimate of drug-likeness (QED) is 0.775. The topological polar surface area (TPSA) is 26.0 Å². The van der Waals surface area contributed by atoms with Gasteiger partial charge in [0.05, 0.1) is 5.54 Å². The zero-order chi connectivity index (χ0) is 16.3. The van der Waals surface area contributed by atoms with Gasteiger partial charge in [-0.2, -0.15) is 0 Å². The molecule has 1 heteroatoms. The van der Waals surface area contributed by atoms with Crippen LogP contribution in [0, 0.1) is 5.92 Å². The van der Waals surface area contributed by atoms with Crippen LogP contribution in [0.3, 0.4) is 0 Å². The first-order valence-corrected chi connectivity index (χ1v) is 8.87. The molecular weight excluding hydrogens is 278 g/mol. The first-order chi connectivity index (χ1) is 11.2. The fourth-order valence-electron chi connectivity index (χ4n) is 4.01. The van der Waals surface area contributed by atoms with E-state index >= 15 is 0 Å². The second kappa shape index (κ2) is 6.72. The van der Waals surface area contributed by atoms with Gasteiger partial charge in [-0.3, -0.25) is 0 Å². The van der Waals surface area contributed by atoms with Crippen LogP contribution in [-0.2, 0) is 5.54 Å². The molecule has 0 radical (unpaired) electrons. The minimum Gasteiger partial charge on any atom is -0.317 e. The van der Waals surface area contributed by atoms with Gasteiger partial charge in [0.15, 0.2) is 0 Å². The van der Waals surface area contributed by atoms with E-state index < -0.39 is 5.54 Å². The Labute approximate surface area is 140 Å². The third-order valence-electron chi connectivity index (χ3n) is 5.09. The summed E-state index contributed by atoms with van der Waals surface area (Å²) in [6.45, 7) is 4.49. The van der Waals surface area contributed by atoms with Gasteiger partial charge in [-0.25, -0.2) is 0 Å². The van der Waals surface area contributed by atoms with Crippen molar-refractivity contribution in [3.05, 3.63) is 77.4 Å². The van der Waals surface area contributed by atoms with Gasteiger partial charge >= 0.3 is 0 Å². The number of nitrogens with two attached hydrogens (primary N) is 1. The molecule has 0 aromatic heterocycles. The lowest BCUT2D eigenvalue weighted by atomic mass is 9.75. The first-order valence-electron chi connectivity index (χ1n) is 8.87. The molecular formula is C22H27N. The Hall–Kier alpha value is -1.86. The number of hydrogen-bond acceptors (Lipinski definition) is 1. The molecule has 1 aliphatic carbocycles. The van der Waals surface area contributed by atoms with E-state index in [1.807, 2.05) is 0 Å². The van der Waals surface area contributed by atoms with E-state index in [1.54, 1.807) is 0 Å². The predicted octanol–water partition coefficient (Wildman–Crippen LogP) is 5.50. The molecule has 0 amide bonds. The van der Waals surface area contributed by atoms with Crippen molar-refractivity contribution in [3.63, 3.8) is 0 Å². The van der Waals surface area contributed by atoms with Crippen molar-refractivity contribution in [1.29, 1.82) is 0 Å². The number of rotatable bonds is 5. The van der Waals surface area contributed by atoms with Gasteiger partial charge in [-0.15, -0.1) is 0 Å². The Morgan fingerprint density at radius 1 is 0.957 bits per heavy atom. The van der Waals surface area contributed by atoms with Crippen LogP contribution in [0.25, 0.3) is 5.57 Å². The Morgan fingerprint density at radius 3 is 2.35 bits per heavy atom. The standard InChI is InChI=1S/C22H27N/c1-3-5-14-18-19-15-9-10-16-21(19)22(23,20(18)11-4-2)17-12-7-6-8-13-17/h6-10,12-16,20H,3-5,11,23H2,1-2H3/b18-14-/t20-,22-/m1/s1. The van der Waals surface area contributed by atoms with Gasteiger partial charge in [0.1, 0.15) is 0 Å². The van der Waals surface area contributed by atoms with Crippen molar-refractivity contribution in [3.8, 4) is 0 Å². The molecule has 0 saturated carbocycles. The number of fused-ring (bicyclic) bond motifs is 1. The monoisotopic (exact) mass is 305 g/mol. The number of benzene rings is 2. The summed E-state index contributed by atoms with van der Waals surface area (Å²) in [7, 11) is 0. The summed E-state index contributed by atoms with van der Waals surface area (Å²) in [4.78, 5) is 0. The summed E-state index contributed by atoms with van der Waals surface area (Å²) in [5.41, 5.74) is 12.1. The Balaban J connectivity index is 2.21. The van der Waals surface area contributed by atoms with Crippen LogP contribution in [0.4, 0.5) is 0 Å². The fourth-order valence-corrected chi connectivity index (χ4v) is 4.01. The van der Waals surface area contributed by atoms with Crippen LogP contribution in [0.15, 0.2) is 60.7 Å². The Kier molecular flexibility index (Phi) is 4.68. The summed E-state index contributed by atoms with van der Waals surface area (Å²) in [5, 5.41) is 0. The van der Waals surface area contributed by atoms with Crippen molar-refractivity contribution in [2.24, 2.45) is 11.7 Å². The van der Waals surface area contributed by atoms with Crippen molar-refractivity contribution < 1.29 is 0 Å². The van der Waals surface area contributed by atoms with E-state index in [-0.39, 0.29) is 0 Å². The van der Waals surface area contributed by atoms with Gasteiger partial charge in [-0.05, 0) is 35.1 Å². The first kappa shape index (κ1) is 16.0. The number of unbranched alkanes of at least 4 members (excludes halogenated alkanes) is 1. The van der Waals surface area contributed by atoms with Gasteiger partial charge < -0.3 is 5.73 Å². The van der Waals surface area contributed by atoms with Gasteiger partial charge in [0, 0.05) is 5.92 Å². The van der Waals surface area contributed by atoms with Crippen molar-refractivity contribution >= 4 is 5.57 Å². The Morgan fingerprint density at radius 2 is 1.65 bits per heavy atom. The molecule has 0 aliphatic heterocycles. The minimum absolute atomic E-state index is 0.360. The highest BCUT2D eigenvalue weighted by atomic mass is 14.8. The van der Waals surface area contributed by atoms with Crippen LogP contribution in [0.5, 0.6) is 0 Å². The molecule has 0 unspecified atom stereocenters. The molecule has 0 fully saturated rings. The highest BCUT2D eigenvalue weighted by Crippen LogP contribution is 2.52. The third-order valence-corrected chi connectivity index (χ3v) is 5.09. The summed E-state index contributed by atoms with van der Waals surface area (Å²) >= 11 is 0. The molecule has 0 bridgehead atoms. The lowest BCUT2D eigenvalue weighted by molar-refractivity contribution is 0.398. The summed E-state index contributed by atoms with van der Waals surface area (Å²) in [6.07, 6.45) is 6.99. The highest BCUT2D eigenvalue weighted by molar-refractivity contribution is 5.79. The molecule has 0 spiro atoms. The average Bonchev–Trinajstić information content (AvgIpc) is 2.84. The van der Waals surface area contributed by atoms with Crippen molar-refractivity contribution in [2.45, 2.75) is 45.1 Å². The molecule has 0 heterocycles. The zero-order valence-corrected chi connectivity index (χ0v) is 14.3. The van der Waals surface area contributed by atoms with Gasteiger partial charge in [-0.1, -0.05) is 87.4 Å². The van der Waals surface area contributed by atoms with Crippen LogP contribution in [0.2, 0.25) is 0 Å². The van der Waals surface area contributed by atoms with E-state index in [2.05, 4.69) is 74.5 Å². The average molecular weight is 305 g/mol. The highest BCUT2D eigenvalue weighted by Gasteiger charge is 2.46. The lowest BCUT2D eigenvalue weighted by Crippen LogP contribution is -2.42. The maximum absolute atomic E-state index is 7.14. The summed E-state index contributed by atoms with van der Waals surface area (Å²) < 4.78 is 0. The smallest absolute Gasteiger partial charge is 0.0741 e. The van der Waals surface area contributed by atoms with E-state index in [0.717, 1.165) is 19.3 Å². The fraction of sp³-hybridized carbons (Fsp3) is 0.364. The molecule has 2 N–H and O–H groups in total. The number of hydrogen-bond donors (Lipinski definition) is 1. The zero-order valence-electron chi connectivity index (χ0n) is 14.3. The summed E-state index contributed by atoms with van der Waals surface area (Å²) in [6, 6.07) is 19.4. The van der Waals surface area contributed by atoms with E-state index in [1.165, 1.54) is 28.7 Å². The molecule has 2 aromatic rings. The molecule has 0 saturated heterocycles.